The quantitative estimate of drug-likeness (QED) is 0.883. The topological polar surface area (TPSA) is 53.2 Å². The van der Waals surface area contributed by atoms with E-state index in [0.717, 1.165) is 35.0 Å². The van der Waals surface area contributed by atoms with Crippen molar-refractivity contribution in [2.45, 2.75) is 27.2 Å². The number of hydrogen-bond acceptors (Lipinski definition) is 2. The van der Waals surface area contributed by atoms with Gasteiger partial charge in [0.25, 0.3) is 0 Å². The number of rotatable bonds is 4. The Morgan fingerprint density at radius 2 is 2.14 bits per heavy atom. The highest BCUT2D eigenvalue weighted by atomic mass is 16.5. The number of nitrogens with one attached hydrogen (secondary N) is 2. The lowest BCUT2D eigenvalue weighted by Gasteiger charge is -2.01. The highest BCUT2D eigenvalue weighted by Gasteiger charge is 2.18. The molecule has 0 amide bonds. The number of ether oxygens (including phenoxy) is 1. The molecule has 114 valence electrons. The Hall–Kier alpha value is -2.49. The van der Waals surface area contributed by atoms with Crippen LogP contribution in [0.3, 0.4) is 0 Å². The molecule has 0 bridgehead atoms. The highest BCUT2D eigenvalue weighted by molar-refractivity contribution is 6.11. The Balaban J connectivity index is 2.02. The van der Waals surface area contributed by atoms with Crippen LogP contribution in [0.4, 0.5) is 0 Å². The van der Waals surface area contributed by atoms with Crippen LogP contribution in [0.15, 0.2) is 40.9 Å². The van der Waals surface area contributed by atoms with Gasteiger partial charge < -0.3 is 14.7 Å². The fourth-order valence-corrected chi connectivity index (χ4v) is 2.94. The van der Waals surface area contributed by atoms with Crippen LogP contribution in [0.2, 0.25) is 0 Å². The monoisotopic (exact) mass is 295 g/mol. The Morgan fingerprint density at radius 1 is 1.32 bits per heavy atom. The van der Waals surface area contributed by atoms with Crippen molar-refractivity contribution in [2.75, 3.05) is 7.11 Å². The average Bonchev–Trinajstić information content (AvgIpc) is 3.20. The molecule has 4 heteroatoms. The molecule has 3 rings (SSSR count). The zero-order valence-corrected chi connectivity index (χ0v) is 13.4. The van der Waals surface area contributed by atoms with E-state index in [0.29, 0.717) is 0 Å². The first-order chi connectivity index (χ1) is 10.6. The molecular formula is C18H21N3O. The van der Waals surface area contributed by atoms with E-state index in [1.807, 2.05) is 24.4 Å². The Morgan fingerprint density at radius 3 is 2.73 bits per heavy atom. The van der Waals surface area contributed by atoms with E-state index in [1.165, 1.54) is 16.8 Å². The predicted octanol–water partition coefficient (Wildman–Crippen LogP) is 3.90. The summed E-state index contributed by atoms with van der Waals surface area (Å²) in [6, 6.07) is 3.97. The minimum absolute atomic E-state index is 0.786. The van der Waals surface area contributed by atoms with Crippen LogP contribution < -0.4 is 0 Å². The summed E-state index contributed by atoms with van der Waals surface area (Å²) >= 11 is 0. The van der Waals surface area contributed by atoms with Crippen molar-refractivity contribution >= 4 is 11.8 Å². The molecule has 0 radical (unpaired) electrons. The summed E-state index contributed by atoms with van der Waals surface area (Å²) in [4.78, 5) is 11.3. The number of aromatic amines is 2. The lowest BCUT2D eigenvalue weighted by molar-refractivity contribution is 0.303. The molecule has 0 aromatic carbocycles. The van der Waals surface area contributed by atoms with Crippen LogP contribution in [0.1, 0.15) is 35.1 Å². The molecule has 3 heterocycles. The summed E-state index contributed by atoms with van der Waals surface area (Å²) in [5, 5.41) is 0. The Kier molecular flexibility index (Phi) is 3.75. The third kappa shape index (κ3) is 2.41. The van der Waals surface area contributed by atoms with E-state index < -0.39 is 0 Å². The van der Waals surface area contributed by atoms with Crippen molar-refractivity contribution in [3.05, 3.63) is 64.1 Å². The van der Waals surface area contributed by atoms with Crippen LogP contribution in [0.5, 0.6) is 0 Å². The van der Waals surface area contributed by atoms with Crippen LogP contribution >= 0.6 is 0 Å². The van der Waals surface area contributed by atoms with Gasteiger partial charge in [-0.15, -0.1) is 0 Å². The normalized spacial score (nSPS) is 16.1. The van der Waals surface area contributed by atoms with Gasteiger partial charge in [0.1, 0.15) is 11.5 Å². The number of hydrogen-bond donors (Lipinski definition) is 2. The van der Waals surface area contributed by atoms with Gasteiger partial charge in [-0.3, -0.25) is 0 Å². The van der Waals surface area contributed by atoms with Crippen LogP contribution in [0, 0.1) is 13.8 Å². The number of allylic oxidation sites excluding steroid dienone is 1. The average molecular weight is 295 g/mol. The SMILES string of the molecule is CCc1c(C)[nH]c(/C=C2\N=C(c3ccc[nH]3)C=C2OC)c1C. The molecule has 0 unspecified atom stereocenters. The Labute approximate surface area is 130 Å². The molecule has 1 aliphatic rings. The summed E-state index contributed by atoms with van der Waals surface area (Å²) < 4.78 is 5.48. The van der Waals surface area contributed by atoms with Crippen molar-refractivity contribution in [3.8, 4) is 0 Å². The lowest BCUT2D eigenvalue weighted by atomic mass is 10.1. The van der Waals surface area contributed by atoms with Gasteiger partial charge in [-0.05, 0) is 49.6 Å². The molecule has 22 heavy (non-hydrogen) atoms. The first-order valence-electron chi connectivity index (χ1n) is 7.52. The van der Waals surface area contributed by atoms with Gasteiger partial charge in [0.2, 0.25) is 0 Å². The fraction of sp³-hybridized carbons (Fsp3) is 0.278. The van der Waals surface area contributed by atoms with E-state index in [-0.39, 0.29) is 0 Å². The molecule has 0 saturated heterocycles. The third-order valence-electron chi connectivity index (χ3n) is 4.12. The number of aryl methyl sites for hydroxylation is 1. The van der Waals surface area contributed by atoms with Crippen molar-refractivity contribution in [3.63, 3.8) is 0 Å². The van der Waals surface area contributed by atoms with Crippen LogP contribution in [-0.4, -0.2) is 22.8 Å². The summed E-state index contributed by atoms with van der Waals surface area (Å²) in [6.45, 7) is 6.44. The number of aromatic nitrogens is 2. The number of nitrogens with zero attached hydrogens (tertiary/aromatic N) is 1. The first-order valence-corrected chi connectivity index (χ1v) is 7.52. The van der Waals surface area contributed by atoms with Gasteiger partial charge >= 0.3 is 0 Å². The molecule has 2 N–H and O–H groups in total. The predicted molar refractivity (Wildman–Crippen MR) is 90.0 cm³/mol. The fourth-order valence-electron chi connectivity index (χ4n) is 2.94. The van der Waals surface area contributed by atoms with E-state index in [9.17, 15) is 0 Å². The smallest absolute Gasteiger partial charge is 0.146 e. The molecule has 4 nitrogen and oxygen atoms in total. The van der Waals surface area contributed by atoms with E-state index in [1.54, 1.807) is 7.11 Å². The second-order valence-electron chi connectivity index (χ2n) is 5.44. The maximum atomic E-state index is 5.48. The molecule has 2 aromatic rings. The lowest BCUT2D eigenvalue weighted by Crippen LogP contribution is -1.93. The van der Waals surface area contributed by atoms with Gasteiger partial charge in [0.05, 0.1) is 18.5 Å². The third-order valence-corrected chi connectivity index (χ3v) is 4.12. The largest absolute Gasteiger partial charge is 0.494 e. The molecule has 2 aromatic heterocycles. The number of aliphatic imine (C=N–C) groups is 1. The maximum absolute atomic E-state index is 5.48. The summed E-state index contributed by atoms with van der Waals surface area (Å²) in [6.07, 6.45) is 6.95. The second kappa shape index (κ2) is 5.72. The Bertz CT molecular complexity index is 774. The number of methoxy groups -OCH3 is 1. The maximum Gasteiger partial charge on any atom is 0.146 e. The minimum atomic E-state index is 0.786. The zero-order valence-electron chi connectivity index (χ0n) is 13.4. The molecule has 0 fully saturated rings. The molecular weight excluding hydrogens is 274 g/mol. The number of H-pyrrole nitrogens is 2. The minimum Gasteiger partial charge on any atom is -0.494 e. The van der Waals surface area contributed by atoms with E-state index in [2.05, 4.69) is 36.8 Å². The molecule has 0 saturated carbocycles. The van der Waals surface area contributed by atoms with Gasteiger partial charge in [-0.2, -0.15) is 0 Å². The summed E-state index contributed by atoms with van der Waals surface area (Å²) in [5.41, 5.74) is 7.72. The van der Waals surface area contributed by atoms with Gasteiger partial charge in [0, 0.05) is 23.7 Å². The zero-order chi connectivity index (χ0) is 15.7. The van der Waals surface area contributed by atoms with Crippen molar-refractivity contribution < 1.29 is 4.74 Å². The van der Waals surface area contributed by atoms with E-state index >= 15 is 0 Å². The van der Waals surface area contributed by atoms with Gasteiger partial charge in [-0.1, -0.05) is 6.92 Å². The first kappa shape index (κ1) is 14.4. The van der Waals surface area contributed by atoms with Gasteiger partial charge in [0.15, 0.2) is 0 Å². The van der Waals surface area contributed by atoms with Crippen LogP contribution in [0.25, 0.3) is 6.08 Å². The van der Waals surface area contributed by atoms with Crippen molar-refractivity contribution in [1.29, 1.82) is 0 Å². The van der Waals surface area contributed by atoms with Crippen molar-refractivity contribution in [1.82, 2.24) is 9.97 Å². The standard InChI is InChI=1S/C18H21N3O/c1-5-13-11(2)15(20-12(13)3)9-17-18(22-4)10-16(21-17)14-7-6-8-19-14/h6-10,19-20H,5H2,1-4H3/b17-9-. The van der Waals surface area contributed by atoms with Gasteiger partial charge in [-0.25, -0.2) is 4.99 Å². The van der Waals surface area contributed by atoms with Crippen LogP contribution in [-0.2, 0) is 11.2 Å². The highest BCUT2D eigenvalue weighted by Crippen LogP contribution is 2.27. The molecule has 1 aliphatic heterocycles. The summed E-state index contributed by atoms with van der Waals surface area (Å²) in [7, 11) is 1.68. The second-order valence-corrected chi connectivity index (χ2v) is 5.44. The summed E-state index contributed by atoms with van der Waals surface area (Å²) in [5.74, 6) is 0.786. The molecule has 0 atom stereocenters. The van der Waals surface area contributed by atoms with E-state index in [4.69, 9.17) is 9.73 Å². The van der Waals surface area contributed by atoms with Crippen molar-refractivity contribution in [2.24, 2.45) is 4.99 Å². The molecule has 0 spiro atoms. The molecule has 0 aliphatic carbocycles.